The van der Waals surface area contributed by atoms with Crippen molar-refractivity contribution >= 4 is 23.1 Å². The number of thiocarbonyl (C=S) groups is 1. The Morgan fingerprint density at radius 1 is 1.19 bits per heavy atom. The molecule has 1 amide bonds. The molecule has 4 heteroatoms. The molecule has 16 heavy (non-hydrogen) atoms. The second-order valence-electron chi connectivity index (χ2n) is 4.65. The van der Waals surface area contributed by atoms with E-state index in [1.807, 2.05) is 20.8 Å². The summed E-state index contributed by atoms with van der Waals surface area (Å²) in [5.74, 6) is -0.0954. The number of carbonyl (C=O) groups is 1. The zero-order valence-electron chi connectivity index (χ0n) is 9.70. The number of carbonyl (C=O) groups excluding carboxylic acids is 1. The number of rotatable bonds is 2. The monoisotopic (exact) mass is 236 g/mol. The van der Waals surface area contributed by atoms with Gasteiger partial charge in [-0.25, -0.2) is 0 Å². The molecule has 0 aliphatic heterocycles. The van der Waals surface area contributed by atoms with Gasteiger partial charge >= 0.3 is 0 Å². The molecule has 1 aromatic carbocycles. The highest BCUT2D eigenvalue weighted by Gasteiger charge is 2.14. The van der Waals surface area contributed by atoms with Crippen molar-refractivity contribution in [3.05, 3.63) is 35.4 Å². The molecule has 0 heterocycles. The third-order valence-electron chi connectivity index (χ3n) is 1.92. The highest BCUT2D eigenvalue weighted by atomic mass is 32.1. The van der Waals surface area contributed by atoms with Crippen molar-refractivity contribution in [1.29, 1.82) is 0 Å². The molecule has 3 N–H and O–H groups in total. The van der Waals surface area contributed by atoms with Crippen molar-refractivity contribution in [2.45, 2.75) is 26.3 Å². The van der Waals surface area contributed by atoms with Gasteiger partial charge in [-0.15, -0.1) is 0 Å². The quantitative estimate of drug-likeness (QED) is 0.770. The Bertz CT molecular complexity index is 404. The van der Waals surface area contributed by atoms with Crippen LogP contribution in [0.15, 0.2) is 24.3 Å². The van der Waals surface area contributed by atoms with Gasteiger partial charge in [0.05, 0.1) is 0 Å². The lowest BCUT2D eigenvalue weighted by Crippen LogP contribution is -2.40. The molecular weight excluding hydrogens is 220 g/mol. The molecule has 0 aliphatic rings. The predicted molar refractivity (Wildman–Crippen MR) is 69.5 cm³/mol. The molecule has 0 spiro atoms. The minimum absolute atomic E-state index is 0.0954. The Morgan fingerprint density at radius 2 is 1.62 bits per heavy atom. The summed E-state index contributed by atoms with van der Waals surface area (Å²) in [5.41, 5.74) is 6.61. The average Bonchev–Trinajstić information content (AvgIpc) is 2.15. The Labute approximate surface area is 101 Å². The van der Waals surface area contributed by atoms with E-state index in [1.54, 1.807) is 24.3 Å². The lowest BCUT2D eigenvalue weighted by atomic mass is 10.1. The first-order valence-corrected chi connectivity index (χ1v) is 5.43. The van der Waals surface area contributed by atoms with E-state index in [0.29, 0.717) is 10.6 Å². The molecule has 0 aromatic heterocycles. The van der Waals surface area contributed by atoms with Crippen molar-refractivity contribution in [3.63, 3.8) is 0 Å². The SMILES string of the molecule is CC(C)(C)NC(=O)c1ccc(C(N)=S)cc1. The van der Waals surface area contributed by atoms with E-state index in [4.69, 9.17) is 18.0 Å². The smallest absolute Gasteiger partial charge is 0.251 e. The highest BCUT2D eigenvalue weighted by molar-refractivity contribution is 7.80. The van der Waals surface area contributed by atoms with Gasteiger partial charge in [0.1, 0.15) is 4.99 Å². The first kappa shape index (κ1) is 12.6. The van der Waals surface area contributed by atoms with Gasteiger partial charge in [-0.3, -0.25) is 4.79 Å². The number of benzene rings is 1. The van der Waals surface area contributed by atoms with Gasteiger partial charge < -0.3 is 11.1 Å². The molecule has 1 aromatic rings. The summed E-state index contributed by atoms with van der Waals surface area (Å²) in [4.78, 5) is 12.1. The summed E-state index contributed by atoms with van der Waals surface area (Å²) < 4.78 is 0. The van der Waals surface area contributed by atoms with E-state index in [-0.39, 0.29) is 11.4 Å². The second-order valence-corrected chi connectivity index (χ2v) is 5.09. The first-order chi connectivity index (χ1) is 7.29. The third-order valence-corrected chi connectivity index (χ3v) is 2.16. The second kappa shape index (κ2) is 4.61. The van der Waals surface area contributed by atoms with E-state index in [0.717, 1.165) is 5.56 Å². The third kappa shape index (κ3) is 3.62. The number of hydrogen-bond acceptors (Lipinski definition) is 2. The molecule has 0 bridgehead atoms. The van der Waals surface area contributed by atoms with Crippen LogP contribution in [0.4, 0.5) is 0 Å². The summed E-state index contributed by atoms with van der Waals surface area (Å²) in [6, 6.07) is 6.94. The number of hydrogen-bond donors (Lipinski definition) is 2. The van der Waals surface area contributed by atoms with Crippen LogP contribution in [0.3, 0.4) is 0 Å². The molecule has 0 aliphatic carbocycles. The van der Waals surface area contributed by atoms with Crippen LogP contribution in [0.25, 0.3) is 0 Å². The minimum atomic E-state index is -0.237. The summed E-state index contributed by atoms with van der Waals surface area (Å²) in [5, 5.41) is 2.88. The summed E-state index contributed by atoms with van der Waals surface area (Å²) in [7, 11) is 0. The van der Waals surface area contributed by atoms with Crippen molar-refractivity contribution in [1.82, 2.24) is 5.32 Å². The van der Waals surface area contributed by atoms with E-state index < -0.39 is 0 Å². The van der Waals surface area contributed by atoms with Crippen LogP contribution in [0.2, 0.25) is 0 Å². The van der Waals surface area contributed by atoms with Crippen molar-refractivity contribution < 1.29 is 4.79 Å². The molecule has 0 atom stereocenters. The number of nitrogens with one attached hydrogen (secondary N) is 1. The van der Waals surface area contributed by atoms with Crippen molar-refractivity contribution in [3.8, 4) is 0 Å². The predicted octanol–water partition coefficient (Wildman–Crippen LogP) is 1.85. The fraction of sp³-hybridized carbons (Fsp3) is 0.333. The summed E-state index contributed by atoms with van der Waals surface area (Å²) in [6.45, 7) is 5.82. The number of nitrogens with two attached hydrogens (primary N) is 1. The zero-order valence-corrected chi connectivity index (χ0v) is 10.5. The number of amides is 1. The molecule has 0 saturated carbocycles. The van der Waals surface area contributed by atoms with Gasteiger partial charge in [0.25, 0.3) is 5.91 Å². The largest absolute Gasteiger partial charge is 0.389 e. The van der Waals surface area contributed by atoms with Gasteiger partial charge in [0.2, 0.25) is 0 Å². The average molecular weight is 236 g/mol. The van der Waals surface area contributed by atoms with Crippen LogP contribution in [0, 0.1) is 0 Å². The Kier molecular flexibility index (Phi) is 3.65. The molecule has 3 nitrogen and oxygen atoms in total. The highest BCUT2D eigenvalue weighted by Crippen LogP contribution is 2.07. The van der Waals surface area contributed by atoms with Crippen LogP contribution in [0.1, 0.15) is 36.7 Å². The van der Waals surface area contributed by atoms with E-state index in [2.05, 4.69) is 5.32 Å². The Morgan fingerprint density at radius 3 is 2.00 bits per heavy atom. The molecular formula is C12H16N2OS. The zero-order chi connectivity index (χ0) is 12.3. The Hall–Kier alpha value is -1.42. The molecule has 0 saturated heterocycles. The van der Waals surface area contributed by atoms with Crippen LogP contribution in [-0.2, 0) is 0 Å². The Balaban J connectivity index is 2.82. The maximum Gasteiger partial charge on any atom is 0.251 e. The molecule has 0 unspecified atom stereocenters. The van der Waals surface area contributed by atoms with E-state index in [9.17, 15) is 4.79 Å². The maximum atomic E-state index is 11.8. The maximum absolute atomic E-state index is 11.8. The molecule has 1 rings (SSSR count). The lowest BCUT2D eigenvalue weighted by molar-refractivity contribution is 0.0919. The standard InChI is InChI=1S/C12H16N2OS/c1-12(2,3)14-11(15)9-6-4-8(5-7-9)10(13)16/h4-7H,1-3H3,(H2,13,16)(H,14,15). The van der Waals surface area contributed by atoms with Gasteiger partial charge in [-0.05, 0) is 32.9 Å². The molecule has 0 fully saturated rings. The van der Waals surface area contributed by atoms with Crippen LogP contribution in [-0.4, -0.2) is 16.4 Å². The topological polar surface area (TPSA) is 55.1 Å². The first-order valence-electron chi connectivity index (χ1n) is 5.02. The fourth-order valence-corrected chi connectivity index (χ4v) is 1.33. The van der Waals surface area contributed by atoms with Crippen molar-refractivity contribution in [2.24, 2.45) is 5.73 Å². The summed E-state index contributed by atoms with van der Waals surface area (Å²) >= 11 is 4.84. The van der Waals surface area contributed by atoms with Crippen LogP contribution >= 0.6 is 12.2 Å². The van der Waals surface area contributed by atoms with E-state index >= 15 is 0 Å². The fourth-order valence-electron chi connectivity index (χ4n) is 1.20. The van der Waals surface area contributed by atoms with Gasteiger partial charge in [-0.1, -0.05) is 24.4 Å². The van der Waals surface area contributed by atoms with Gasteiger partial charge in [-0.2, -0.15) is 0 Å². The van der Waals surface area contributed by atoms with Crippen LogP contribution in [0.5, 0.6) is 0 Å². The molecule has 86 valence electrons. The lowest BCUT2D eigenvalue weighted by Gasteiger charge is -2.20. The van der Waals surface area contributed by atoms with Gasteiger partial charge in [0, 0.05) is 16.7 Å². The van der Waals surface area contributed by atoms with E-state index in [1.165, 1.54) is 0 Å². The summed E-state index contributed by atoms with van der Waals surface area (Å²) in [6.07, 6.45) is 0. The van der Waals surface area contributed by atoms with Crippen LogP contribution < -0.4 is 11.1 Å². The minimum Gasteiger partial charge on any atom is -0.389 e. The van der Waals surface area contributed by atoms with Crippen molar-refractivity contribution in [2.75, 3.05) is 0 Å². The van der Waals surface area contributed by atoms with Gasteiger partial charge in [0.15, 0.2) is 0 Å². The normalized spacial score (nSPS) is 10.9. The molecule has 0 radical (unpaired) electrons.